The lowest BCUT2D eigenvalue weighted by atomic mass is 9.82. The van der Waals surface area contributed by atoms with Crippen molar-refractivity contribution in [2.75, 3.05) is 13.2 Å². The number of esters is 1. The molecule has 0 aliphatic heterocycles. The summed E-state index contributed by atoms with van der Waals surface area (Å²) in [6.45, 7) is 8.65. The molecule has 0 saturated carbocycles. The summed E-state index contributed by atoms with van der Waals surface area (Å²) in [7, 11) is 0. The third-order valence-corrected chi connectivity index (χ3v) is 3.99. The summed E-state index contributed by atoms with van der Waals surface area (Å²) in [5.41, 5.74) is -0.238. The number of hydrogen-bond acceptors (Lipinski definition) is 3. The Balaban J connectivity index is 4.37. The van der Waals surface area contributed by atoms with Gasteiger partial charge in [-0.1, -0.05) is 40.5 Å². The molecule has 3 heteroatoms. The van der Waals surface area contributed by atoms with Gasteiger partial charge in [-0.25, -0.2) is 0 Å². The maximum absolute atomic E-state index is 11.9. The molecule has 0 fully saturated rings. The van der Waals surface area contributed by atoms with Gasteiger partial charge in [0.05, 0.1) is 19.1 Å². The van der Waals surface area contributed by atoms with Crippen LogP contribution >= 0.6 is 0 Å². The molecule has 0 spiro atoms. The van der Waals surface area contributed by atoms with E-state index in [-0.39, 0.29) is 23.9 Å². The van der Waals surface area contributed by atoms with E-state index in [1.165, 1.54) is 0 Å². The largest absolute Gasteiger partial charge is 0.465 e. The Labute approximate surface area is 112 Å². The number of aliphatic hydroxyl groups excluding tert-OH is 1. The predicted octanol–water partition coefficient (Wildman–Crippen LogP) is 3.54. The summed E-state index contributed by atoms with van der Waals surface area (Å²) in [5, 5.41) is 9.58. The van der Waals surface area contributed by atoms with Crippen molar-refractivity contribution < 1.29 is 14.6 Å². The Kier molecular flexibility index (Phi) is 9.08. The molecule has 0 aromatic rings. The summed E-state index contributed by atoms with van der Waals surface area (Å²) >= 11 is 0. The number of carbonyl (C=O) groups excluding carboxylic acids is 1. The number of hydrogen-bond donors (Lipinski definition) is 1. The van der Waals surface area contributed by atoms with Crippen molar-refractivity contribution in [3.05, 3.63) is 0 Å². The summed E-state index contributed by atoms with van der Waals surface area (Å²) < 4.78 is 5.43. The Morgan fingerprint density at radius 2 is 1.83 bits per heavy atom. The Morgan fingerprint density at radius 1 is 1.22 bits per heavy atom. The van der Waals surface area contributed by atoms with Crippen molar-refractivity contribution >= 4 is 5.97 Å². The smallest absolute Gasteiger partial charge is 0.308 e. The normalized spacial score (nSPS) is 14.6. The van der Waals surface area contributed by atoms with Gasteiger partial charge in [0.15, 0.2) is 0 Å². The molecule has 0 amide bonds. The lowest BCUT2D eigenvalue weighted by Gasteiger charge is -2.30. The quantitative estimate of drug-likeness (QED) is 0.610. The van der Waals surface area contributed by atoms with Crippen LogP contribution in [0.3, 0.4) is 0 Å². The second-order valence-corrected chi connectivity index (χ2v) is 5.24. The minimum atomic E-state index is -0.238. The van der Waals surface area contributed by atoms with E-state index in [2.05, 4.69) is 13.8 Å². The van der Waals surface area contributed by atoms with Gasteiger partial charge in [-0.05, 0) is 25.7 Å². The molecule has 0 bridgehead atoms. The fraction of sp³-hybridized carbons (Fsp3) is 0.933. The topological polar surface area (TPSA) is 46.5 Å². The molecule has 0 aromatic carbocycles. The number of aliphatic hydroxyl groups is 1. The van der Waals surface area contributed by atoms with E-state index in [0.717, 1.165) is 38.5 Å². The van der Waals surface area contributed by atoms with Crippen molar-refractivity contribution in [1.82, 2.24) is 0 Å². The van der Waals surface area contributed by atoms with E-state index < -0.39 is 0 Å². The van der Waals surface area contributed by atoms with Gasteiger partial charge in [-0.3, -0.25) is 4.79 Å². The van der Waals surface area contributed by atoms with Gasteiger partial charge in [-0.2, -0.15) is 0 Å². The van der Waals surface area contributed by atoms with Crippen LogP contribution in [0.2, 0.25) is 0 Å². The van der Waals surface area contributed by atoms with Crippen LogP contribution in [0.25, 0.3) is 0 Å². The monoisotopic (exact) mass is 258 g/mol. The third kappa shape index (κ3) is 5.38. The zero-order chi connectivity index (χ0) is 14.0. The second kappa shape index (κ2) is 9.37. The van der Waals surface area contributed by atoms with Crippen LogP contribution in [-0.2, 0) is 9.53 Å². The maximum atomic E-state index is 11.9. The molecule has 0 rings (SSSR count). The van der Waals surface area contributed by atoms with Crippen LogP contribution in [-0.4, -0.2) is 24.3 Å². The first-order chi connectivity index (χ1) is 8.59. The summed E-state index contributed by atoms with van der Waals surface area (Å²) in [5.74, 6) is -0.104. The van der Waals surface area contributed by atoms with Gasteiger partial charge in [0, 0.05) is 5.41 Å². The Bertz CT molecular complexity index is 218. The molecular weight excluding hydrogens is 228 g/mol. The fourth-order valence-corrected chi connectivity index (χ4v) is 2.10. The minimum absolute atomic E-state index is 0.00410. The van der Waals surface area contributed by atoms with Crippen molar-refractivity contribution in [3.8, 4) is 0 Å². The van der Waals surface area contributed by atoms with Gasteiger partial charge >= 0.3 is 5.97 Å². The van der Waals surface area contributed by atoms with Gasteiger partial charge in [-0.15, -0.1) is 0 Å². The zero-order valence-electron chi connectivity index (χ0n) is 12.5. The van der Waals surface area contributed by atoms with E-state index in [4.69, 9.17) is 4.74 Å². The SMILES string of the molecule is CCCCC(CC)(CO)COC(=O)C(CC)CC. The van der Waals surface area contributed by atoms with Crippen molar-refractivity contribution in [1.29, 1.82) is 0 Å². The Morgan fingerprint density at radius 3 is 2.22 bits per heavy atom. The first-order valence-corrected chi connectivity index (χ1v) is 7.36. The highest BCUT2D eigenvalue weighted by atomic mass is 16.5. The van der Waals surface area contributed by atoms with E-state index in [9.17, 15) is 9.90 Å². The molecule has 0 aliphatic rings. The van der Waals surface area contributed by atoms with Crippen LogP contribution < -0.4 is 0 Å². The molecule has 1 atom stereocenters. The average Bonchev–Trinajstić information content (AvgIpc) is 2.41. The highest BCUT2D eigenvalue weighted by Gasteiger charge is 2.29. The molecule has 0 radical (unpaired) electrons. The van der Waals surface area contributed by atoms with Gasteiger partial charge in [0.2, 0.25) is 0 Å². The highest BCUT2D eigenvalue weighted by Crippen LogP contribution is 2.29. The van der Waals surface area contributed by atoms with E-state index >= 15 is 0 Å². The molecule has 18 heavy (non-hydrogen) atoms. The molecule has 0 heterocycles. The third-order valence-electron chi connectivity index (χ3n) is 3.99. The second-order valence-electron chi connectivity index (χ2n) is 5.24. The van der Waals surface area contributed by atoms with Crippen molar-refractivity contribution in [3.63, 3.8) is 0 Å². The lowest BCUT2D eigenvalue weighted by molar-refractivity contribution is -0.154. The lowest BCUT2D eigenvalue weighted by Crippen LogP contribution is -2.33. The first-order valence-electron chi connectivity index (χ1n) is 7.36. The molecular formula is C15H30O3. The number of carbonyl (C=O) groups is 1. The fourth-order valence-electron chi connectivity index (χ4n) is 2.10. The average molecular weight is 258 g/mol. The summed E-state index contributed by atoms with van der Waals surface area (Å²) in [6.07, 6.45) is 5.58. The van der Waals surface area contributed by atoms with Crippen LogP contribution in [0, 0.1) is 11.3 Å². The number of rotatable bonds is 10. The summed E-state index contributed by atoms with van der Waals surface area (Å²) in [6, 6.07) is 0. The number of unbranched alkanes of at least 4 members (excludes halogenated alkanes) is 1. The molecule has 0 saturated heterocycles. The first kappa shape index (κ1) is 17.4. The van der Waals surface area contributed by atoms with Crippen LogP contribution in [0.1, 0.15) is 66.2 Å². The molecule has 0 aliphatic carbocycles. The van der Waals surface area contributed by atoms with E-state index in [0.29, 0.717) is 6.61 Å². The summed E-state index contributed by atoms with van der Waals surface area (Å²) in [4.78, 5) is 11.9. The Hall–Kier alpha value is -0.570. The molecule has 0 aromatic heterocycles. The number of ether oxygens (including phenoxy) is 1. The van der Waals surface area contributed by atoms with Crippen LogP contribution in [0.15, 0.2) is 0 Å². The standard InChI is InChI=1S/C15H30O3/c1-5-9-10-15(8-4,11-16)12-18-14(17)13(6-2)7-3/h13,16H,5-12H2,1-4H3. The van der Waals surface area contributed by atoms with Gasteiger partial charge in [0.1, 0.15) is 0 Å². The molecule has 3 nitrogen and oxygen atoms in total. The van der Waals surface area contributed by atoms with Crippen LogP contribution in [0.5, 0.6) is 0 Å². The van der Waals surface area contributed by atoms with Crippen LogP contribution in [0.4, 0.5) is 0 Å². The van der Waals surface area contributed by atoms with E-state index in [1.54, 1.807) is 0 Å². The highest BCUT2D eigenvalue weighted by molar-refractivity contribution is 5.72. The predicted molar refractivity (Wildman–Crippen MR) is 74.4 cm³/mol. The molecule has 1 N–H and O–H groups in total. The van der Waals surface area contributed by atoms with E-state index in [1.807, 2.05) is 13.8 Å². The van der Waals surface area contributed by atoms with Crippen molar-refractivity contribution in [2.24, 2.45) is 11.3 Å². The molecule has 108 valence electrons. The van der Waals surface area contributed by atoms with Gasteiger partial charge < -0.3 is 9.84 Å². The van der Waals surface area contributed by atoms with Crippen molar-refractivity contribution in [2.45, 2.75) is 66.2 Å². The molecule has 1 unspecified atom stereocenters. The minimum Gasteiger partial charge on any atom is -0.465 e. The maximum Gasteiger partial charge on any atom is 0.308 e. The zero-order valence-corrected chi connectivity index (χ0v) is 12.5. The van der Waals surface area contributed by atoms with Gasteiger partial charge in [0.25, 0.3) is 0 Å².